The molecule has 1 aromatic rings. The molecule has 1 amide bonds. The molecule has 1 aromatic carbocycles. The summed E-state index contributed by atoms with van der Waals surface area (Å²) in [7, 11) is -2.22. The number of carbonyl (C=O) groups is 1. The minimum absolute atomic E-state index is 0.0116. The predicted molar refractivity (Wildman–Crippen MR) is 107 cm³/mol. The summed E-state index contributed by atoms with van der Waals surface area (Å²) >= 11 is 0. The van der Waals surface area contributed by atoms with Gasteiger partial charge in [-0.1, -0.05) is 26.8 Å². The Balaban J connectivity index is 2.23. The molecule has 0 bridgehead atoms. The number of nitrogens with one attached hydrogen (secondary N) is 1. The van der Waals surface area contributed by atoms with E-state index in [1.54, 1.807) is 18.2 Å². The van der Waals surface area contributed by atoms with E-state index in [2.05, 4.69) is 39.2 Å². The maximum atomic E-state index is 11.8. The summed E-state index contributed by atoms with van der Waals surface area (Å²) in [6.07, 6.45) is 0.289. The third-order valence-corrected chi connectivity index (χ3v) is 9.82. The van der Waals surface area contributed by atoms with Gasteiger partial charge in [0.25, 0.3) is 8.32 Å². The van der Waals surface area contributed by atoms with E-state index < -0.39 is 19.3 Å². The first-order valence-corrected chi connectivity index (χ1v) is 12.0. The van der Waals surface area contributed by atoms with E-state index in [0.29, 0.717) is 37.4 Å². The van der Waals surface area contributed by atoms with E-state index in [-0.39, 0.29) is 16.8 Å². The first-order chi connectivity index (χ1) is 12.4. The van der Waals surface area contributed by atoms with Gasteiger partial charge in [0.2, 0.25) is 0 Å². The molecule has 2 N–H and O–H groups in total. The second kappa shape index (κ2) is 7.75. The van der Waals surface area contributed by atoms with E-state index >= 15 is 0 Å². The van der Waals surface area contributed by atoms with Gasteiger partial charge in [0.05, 0.1) is 4.92 Å². The van der Waals surface area contributed by atoms with E-state index in [1.807, 2.05) is 0 Å². The van der Waals surface area contributed by atoms with Crippen LogP contribution in [0.5, 0.6) is 5.75 Å². The molecule has 1 saturated heterocycles. The first kappa shape index (κ1) is 21.0. The molecule has 1 heterocycles. The quantitative estimate of drug-likeness (QED) is 0.431. The molecule has 150 valence electrons. The number of hydrogen-bond acceptors (Lipinski definition) is 5. The number of nitrogens with zero attached hydrogens (tertiary/aromatic N) is 2. The summed E-state index contributed by atoms with van der Waals surface area (Å²) in [6, 6.07) is 5.07. The van der Waals surface area contributed by atoms with Crippen LogP contribution in [0.1, 0.15) is 33.6 Å². The van der Waals surface area contributed by atoms with Gasteiger partial charge in [0, 0.05) is 19.1 Å². The van der Waals surface area contributed by atoms with Crippen molar-refractivity contribution in [2.24, 2.45) is 0 Å². The van der Waals surface area contributed by atoms with Crippen molar-refractivity contribution in [3.05, 3.63) is 28.3 Å². The summed E-state index contributed by atoms with van der Waals surface area (Å²) in [5.74, 6) is 0.291. The number of amides is 1. The molecular weight excluding hydrogens is 366 g/mol. The lowest BCUT2D eigenvalue weighted by Crippen LogP contribution is -2.44. The highest BCUT2D eigenvalue weighted by molar-refractivity contribution is 6.74. The largest absolute Gasteiger partial charge is 0.539 e. The van der Waals surface area contributed by atoms with Crippen molar-refractivity contribution < 1.29 is 19.3 Å². The summed E-state index contributed by atoms with van der Waals surface area (Å²) in [5.41, 5.74) is 0.368. The molecule has 0 atom stereocenters. The Hall–Kier alpha value is -2.29. The van der Waals surface area contributed by atoms with Crippen molar-refractivity contribution in [2.75, 3.05) is 18.4 Å². The number of rotatable bonds is 5. The van der Waals surface area contributed by atoms with Crippen LogP contribution in [0.2, 0.25) is 18.1 Å². The summed E-state index contributed by atoms with van der Waals surface area (Å²) in [4.78, 5) is 23.8. The Morgan fingerprint density at radius 2 is 1.93 bits per heavy atom. The van der Waals surface area contributed by atoms with E-state index in [4.69, 9.17) is 9.53 Å². The molecule has 0 saturated carbocycles. The Morgan fingerprint density at radius 1 is 1.33 bits per heavy atom. The summed E-state index contributed by atoms with van der Waals surface area (Å²) < 4.78 is 6.21. The van der Waals surface area contributed by atoms with Gasteiger partial charge >= 0.3 is 11.8 Å². The smallest absolute Gasteiger partial charge is 0.407 e. The Kier molecular flexibility index (Phi) is 6.03. The van der Waals surface area contributed by atoms with E-state index in [1.165, 1.54) is 4.90 Å². The second-order valence-electron chi connectivity index (χ2n) is 8.46. The number of likely N-dealkylation sites (tertiary alicyclic amines) is 1. The minimum atomic E-state index is -2.22. The molecule has 0 unspecified atom stereocenters. The van der Waals surface area contributed by atoms with Crippen LogP contribution in [-0.2, 0) is 0 Å². The molecule has 1 aliphatic heterocycles. The highest BCUT2D eigenvalue weighted by Gasteiger charge is 2.40. The zero-order valence-corrected chi connectivity index (χ0v) is 17.6. The van der Waals surface area contributed by atoms with Gasteiger partial charge in [-0.3, -0.25) is 10.1 Å². The van der Waals surface area contributed by atoms with Crippen molar-refractivity contribution in [2.45, 2.75) is 57.8 Å². The van der Waals surface area contributed by atoms with Crippen molar-refractivity contribution in [3.8, 4) is 5.75 Å². The zero-order chi connectivity index (χ0) is 20.4. The molecule has 0 aliphatic carbocycles. The van der Waals surface area contributed by atoms with Crippen LogP contribution in [0.15, 0.2) is 18.2 Å². The molecule has 0 aromatic heterocycles. The van der Waals surface area contributed by atoms with Crippen molar-refractivity contribution in [1.82, 2.24) is 4.90 Å². The highest BCUT2D eigenvalue weighted by atomic mass is 28.4. The second-order valence-corrected chi connectivity index (χ2v) is 13.2. The molecule has 0 spiro atoms. The topological polar surface area (TPSA) is 105 Å². The monoisotopic (exact) mass is 395 g/mol. The zero-order valence-electron chi connectivity index (χ0n) is 16.6. The van der Waals surface area contributed by atoms with Crippen LogP contribution in [0, 0.1) is 10.1 Å². The third-order valence-electron chi connectivity index (χ3n) is 5.48. The maximum absolute atomic E-state index is 11.8. The van der Waals surface area contributed by atoms with Crippen LogP contribution < -0.4 is 9.74 Å². The standard InChI is InChI=1S/C18H29N3O5Si/c1-18(2,3)27(4,5)26-15-8-6-7-14(16(15)21(24)25)19-13-9-11-20(12-10-13)17(22)23/h6-8,13,19H,9-12H2,1-5H3,(H,22,23). The van der Waals surface area contributed by atoms with E-state index in [9.17, 15) is 14.9 Å². The van der Waals surface area contributed by atoms with Crippen LogP contribution in [0.4, 0.5) is 16.2 Å². The van der Waals surface area contributed by atoms with Crippen LogP contribution in [0.3, 0.4) is 0 Å². The van der Waals surface area contributed by atoms with Gasteiger partial charge in [-0.2, -0.15) is 0 Å². The van der Waals surface area contributed by atoms with Gasteiger partial charge in [-0.15, -0.1) is 0 Å². The number of nitro groups is 1. The Morgan fingerprint density at radius 3 is 2.41 bits per heavy atom. The average molecular weight is 396 g/mol. The normalized spacial score (nSPS) is 16.1. The number of piperidine rings is 1. The first-order valence-electron chi connectivity index (χ1n) is 9.13. The van der Waals surface area contributed by atoms with Crippen LogP contribution in [-0.4, -0.2) is 48.5 Å². The number of nitro benzene ring substituents is 1. The van der Waals surface area contributed by atoms with Gasteiger partial charge in [-0.25, -0.2) is 4.79 Å². The third kappa shape index (κ3) is 4.91. The van der Waals surface area contributed by atoms with Gasteiger partial charge < -0.3 is 19.7 Å². The lowest BCUT2D eigenvalue weighted by atomic mass is 10.0. The highest BCUT2D eigenvalue weighted by Crippen LogP contribution is 2.42. The Bertz CT molecular complexity index is 709. The summed E-state index contributed by atoms with van der Waals surface area (Å²) in [5, 5.41) is 24.0. The fourth-order valence-corrected chi connectivity index (χ4v) is 3.79. The van der Waals surface area contributed by atoms with Gasteiger partial charge in [0.1, 0.15) is 5.69 Å². The number of carboxylic acid groups (broad SMARTS) is 1. The molecule has 8 nitrogen and oxygen atoms in total. The molecule has 2 rings (SSSR count). The van der Waals surface area contributed by atoms with Crippen molar-refractivity contribution in [3.63, 3.8) is 0 Å². The molecule has 9 heteroatoms. The molecule has 27 heavy (non-hydrogen) atoms. The molecule has 1 fully saturated rings. The maximum Gasteiger partial charge on any atom is 0.407 e. The molecule has 0 radical (unpaired) electrons. The van der Waals surface area contributed by atoms with Gasteiger partial charge in [-0.05, 0) is 43.1 Å². The predicted octanol–water partition coefficient (Wildman–Crippen LogP) is 4.53. The van der Waals surface area contributed by atoms with Crippen LogP contribution >= 0.6 is 0 Å². The lowest BCUT2D eigenvalue weighted by Gasteiger charge is -2.36. The fraction of sp³-hybridized carbons (Fsp3) is 0.611. The number of hydrogen-bond donors (Lipinski definition) is 2. The Labute approximate surface area is 160 Å². The van der Waals surface area contributed by atoms with E-state index in [0.717, 1.165) is 0 Å². The number of benzene rings is 1. The van der Waals surface area contributed by atoms with Crippen molar-refractivity contribution >= 4 is 25.8 Å². The average Bonchev–Trinajstić information content (AvgIpc) is 2.53. The number of anilines is 1. The molecule has 1 aliphatic rings. The molecular formula is C18H29N3O5Si. The SMILES string of the molecule is CC(C)(C)[Si](C)(C)Oc1cccc(NC2CCN(C(=O)O)CC2)c1[N+](=O)[O-]. The van der Waals surface area contributed by atoms with Crippen LogP contribution in [0.25, 0.3) is 0 Å². The number of para-hydroxylation sites is 1. The fourth-order valence-electron chi connectivity index (χ4n) is 2.77. The minimum Gasteiger partial charge on any atom is -0.539 e. The summed E-state index contributed by atoms with van der Waals surface area (Å²) in [6.45, 7) is 11.2. The van der Waals surface area contributed by atoms with Gasteiger partial charge in [0.15, 0.2) is 5.75 Å². The lowest BCUT2D eigenvalue weighted by molar-refractivity contribution is -0.384. The van der Waals surface area contributed by atoms with Crippen molar-refractivity contribution in [1.29, 1.82) is 0 Å².